The third-order valence-corrected chi connectivity index (χ3v) is 5.30. The molecule has 5 heteroatoms. The fourth-order valence-corrected chi connectivity index (χ4v) is 3.22. The van der Waals surface area contributed by atoms with Gasteiger partial charge in [-0.05, 0) is 34.9 Å². The molecule has 0 saturated carbocycles. The Balaban J connectivity index is 0.00000288. The molecule has 2 aromatic rings. The minimum atomic E-state index is -0.183. The first-order valence-corrected chi connectivity index (χ1v) is 9.08. The number of carbonyl (C=O) groups excluding carboxylic acids is 1. The van der Waals surface area contributed by atoms with Gasteiger partial charge in [-0.25, -0.2) is 0 Å². The average Bonchev–Trinajstić information content (AvgIpc) is 3.12. The summed E-state index contributed by atoms with van der Waals surface area (Å²) in [6, 6.07) is 12.6. The predicted molar refractivity (Wildman–Crippen MR) is 105 cm³/mol. The molecule has 0 radical (unpaired) electrons. The number of halogens is 1. The molecule has 3 nitrogen and oxygen atoms in total. The van der Waals surface area contributed by atoms with Crippen molar-refractivity contribution in [1.29, 1.82) is 0 Å². The van der Waals surface area contributed by atoms with Crippen LogP contribution in [0.4, 0.5) is 0 Å². The summed E-state index contributed by atoms with van der Waals surface area (Å²) >= 11 is 1.66. The number of hydrogen-bond donors (Lipinski definition) is 2. The van der Waals surface area contributed by atoms with Gasteiger partial charge in [0.1, 0.15) is 0 Å². The van der Waals surface area contributed by atoms with Gasteiger partial charge in [-0.1, -0.05) is 51.1 Å². The van der Waals surface area contributed by atoms with E-state index in [1.165, 1.54) is 5.56 Å². The molecular weight excluding hydrogens is 340 g/mol. The quantitative estimate of drug-likeness (QED) is 0.758. The monoisotopic (exact) mass is 366 g/mol. The molecule has 0 fully saturated rings. The summed E-state index contributed by atoms with van der Waals surface area (Å²) in [6.45, 7) is 6.64. The van der Waals surface area contributed by atoms with Gasteiger partial charge in [0, 0.05) is 17.3 Å². The van der Waals surface area contributed by atoms with Crippen LogP contribution in [0.5, 0.6) is 0 Å². The van der Waals surface area contributed by atoms with E-state index in [9.17, 15) is 4.79 Å². The van der Waals surface area contributed by atoms with Crippen molar-refractivity contribution >= 4 is 29.7 Å². The number of carbonyl (C=O) groups is 1. The molecule has 2 rings (SSSR count). The first-order chi connectivity index (χ1) is 11.1. The maximum absolute atomic E-state index is 12.3. The Morgan fingerprint density at radius 1 is 1.17 bits per heavy atom. The smallest absolute Gasteiger partial charge is 0.224 e. The maximum atomic E-state index is 12.3. The van der Waals surface area contributed by atoms with E-state index >= 15 is 0 Å². The van der Waals surface area contributed by atoms with Gasteiger partial charge in [-0.3, -0.25) is 4.79 Å². The zero-order chi connectivity index (χ0) is 16.8. The fraction of sp³-hybridized carbons (Fsp3) is 0.421. The van der Waals surface area contributed by atoms with Crippen LogP contribution in [0.1, 0.15) is 55.2 Å². The lowest BCUT2D eigenvalue weighted by atomic mass is 9.95. The third kappa shape index (κ3) is 5.07. The van der Waals surface area contributed by atoms with Crippen molar-refractivity contribution in [1.82, 2.24) is 5.32 Å². The van der Waals surface area contributed by atoms with Crippen molar-refractivity contribution in [3.8, 4) is 0 Å². The summed E-state index contributed by atoms with van der Waals surface area (Å²) in [5.74, 6) is 0.366. The highest BCUT2D eigenvalue weighted by Crippen LogP contribution is 2.28. The van der Waals surface area contributed by atoms with Crippen LogP contribution in [0.25, 0.3) is 0 Å². The second-order valence-electron chi connectivity index (χ2n) is 6.07. The summed E-state index contributed by atoms with van der Waals surface area (Å²) < 4.78 is 0. The molecule has 0 aliphatic rings. The predicted octanol–water partition coefficient (Wildman–Crippen LogP) is 4.48. The normalized spacial score (nSPS) is 14.3. The molecule has 1 heterocycles. The molecule has 24 heavy (non-hydrogen) atoms. The van der Waals surface area contributed by atoms with Crippen LogP contribution in [-0.4, -0.2) is 12.5 Å². The Morgan fingerprint density at radius 3 is 2.29 bits per heavy atom. The Kier molecular flexibility index (Phi) is 8.46. The Bertz CT molecular complexity index is 613. The van der Waals surface area contributed by atoms with Gasteiger partial charge in [0.25, 0.3) is 0 Å². The highest BCUT2D eigenvalue weighted by atomic mass is 35.5. The Hall–Kier alpha value is -1.36. The molecule has 0 aliphatic heterocycles. The van der Waals surface area contributed by atoms with Gasteiger partial charge in [0.2, 0.25) is 5.91 Å². The molecule has 1 aromatic heterocycles. The minimum Gasteiger partial charge on any atom is -0.344 e. The third-order valence-electron chi connectivity index (χ3n) is 4.37. The molecule has 3 unspecified atom stereocenters. The molecule has 3 N–H and O–H groups in total. The van der Waals surface area contributed by atoms with Crippen molar-refractivity contribution in [2.45, 2.75) is 39.2 Å². The van der Waals surface area contributed by atoms with Gasteiger partial charge in [0.05, 0.1) is 6.04 Å². The molecule has 3 atom stereocenters. The van der Waals surface area contributed by atoms with E-state index in [2.05, 4.69) is 49.5 Å². The standard InChI is InChI=1S/C19H26N2OS.ClH/c1-4-13(2)15-7-9-16(10-8-15)18(17-6-5-11-23-17)21-19(22)14(3)12-20;/h5-11,13-14,18H,4,12,20H2,1-3H3,(H,21,22);1H. The highest BCUT2D eigenvalue weighted by Gasteiger charge is 2.20. The van der Waals surface area contributed by atoms with Crippen molar-refractivity contribution in [2.24, 2.45) is 11.7 Å². The minimum absolute atomic E-state index is 0. The topological polar surface area (TPSA) is 55.1 Å². The van der Waals surface area contributed by atoms with E-state index in [4.69, 9.17) is 5.73 Å². The van der Waals surface area contributed by atoms with E-state index in [1.54, 1.807) is 11.3 Å². The molecule has 0 saturated heterocycles. The summed E-state index contributed by atoms with van der Waals surface area (Å²) in [6.07, 6.45) is 1.12. The van der Waals surface area contributed by atoms with Gasteiger partial charge < -0.3 is 11.1 Å². The maximum Gasteiger partial charge on any atom is 0.224 e. The average molecular weight is 367 g/mol. The van der Waals surface area contributed by atoms with Crippen LogP contribution in [0, 0.1) is 5.92 Å². The first-order valence-electron chi connectivity index (χ1n) is 8.20. The van der Waals surface area contributed by atoms with Crippen molar-refractivity contribution in [2.75, 3.05) is 6.54 Å². The largest absolute Gasteiger partial charge is 0.344 e. The van der Waals surface area contributed by atoms with E-state index in [0.717, 1.165) is 16.9 Å². The van der Waals surface area contributed by atoms with Gasteiger partial charge in [0.15, 0.2) is 0 Å². The molecule has 1 aromatic carbocycles. The number of nitrogens with one attached hydrogen (secondary N) is 1. The molecule has 0 spiro atoms. The van der Waals surface area contributed by atoms with Crippen molar-refractivity contribution < 1.29 is 4.79 Å². The number of nitrogens with two attached hydrogens (primary N) is 1. The van der Waals surface area contributed by atoms with Gasteiger partial charge in [-0.15, -0.1) is 23.7 Å². The molecule has 1 amide bonds. The first kappa shape index (κ1) is 20.7. The summed E-state index contributed by atoms with van der Waals surface area (Å²) in [5, 5.41) is 5.18. The highest BCUT2D eigenvalue weighted by molar-refractivity contribution is 7.10. The number of benzene rings is 1. The molecular formula is C19H27ClN2OS. The van der Waals surface area contributed by atoms with Crippen LogP contribution in [-0.2, 0) is 4.79 Å². The zero-order valence-electron chi connectivity index (χ0n) is 14.5. The number of amides is 1. The second kappa shape index (κ2) is 9.82. The van der Waals surface area contributed by atoms with Crippen LogP contribution in [0.3, 0.4) is 0 Å². The van der Waals surface area contributed by atoms with E-state index in [1.807, 2.05) is 18.4 Å². The van der Waals surface area contributed by atoms with Crippen LogP contribution < -0.4 is 11.1 Å². The second-order valence-corrected chi connectivity index (χ2v) is 7.05. The summed E-state index contributed by atoms with van der Waals surface area (Å²) in [7, 11) is 0. The fourth-order valence-electron chi connectivity index (χ4n) is 2.42. The van der Waals surface area contributed by atoms with Gasteiger partial charge in [-0.2, -0.15) is 0 Å². The lowest BCUT2D eigenvalue weighted by Gasteiger charge is -2.21. The molecule has 0 aliphatic carbocycles. The molecule has 0 bridgehead atoms. The summed E-state index contributed by atoms with van der Waals surface area (Å²) in [4.78, 5) is 13.4. The zero-order valence-corrected chi connectivity index (χ0v) is 16.1. The number of thiophene rings is 1. The molecule has 132 valence electrons. The SMILES string of the molecule is CCC(C)c1ccc(C(NC(=O)C(C)CN)c2cccs2)cc1.Cl. The van der Waals surface area contributed by atoms with Gasteiger partial charge >= 0.3 is 0 Å². The van der Waals surface area contributed by atoms with E-state index in [0.29, 0.717) is 12.5 Å². The Labute approximate surface area is 155 Å². The Morgan fingerprint density at radius 2 is 1.79 bits per heavy atom. The van der Waals surface area contributed by atoms with Crippen molar-refractivity contribution in [3.63, 3.8) is 0 Å². The van der Waals surface area contributed by atoms with E-state index in [-0.39, 0.29) is 30.3 Å². The summed E-state index contributed by atoms with van der Waals surface area (Å²) in [5.41, 5.74) is 8.06. The van der Waals surface area contributed by atoms with Crippen LogP contribution in [0.2, 0.25) is 0 Å². The number of rotatable bonds is 7. The van der Waals surface area contributed by atoms with Crippen LogP contribution in [0.15, 0.2) is 41.8 Å². The lowest BCUT2D eigenvalue weighted by Crippen LogP contribution is -2.36. The number of hydrogen-bond acceptors (Lipinski definition) is 3. The van der Waals surface area contributed by atoms with Crippen LogP contribution >= 0.6 is 23.7 Å². The van der Waals surface area contributed by atoms with E-state index < -0.39 is 0 Å². The lowest BCUT2D eigenvalue weighted by molar-refractivity contribution is -0.124. The van der Waals surface area contributed by atoms with Crippen molar-refractivity contribution in [3.05, 3.63) is 57.8 Å².